The van der Waals surface area contributed by atoms with E-state index in [2.05, 4.69) is 5.32 Å². The van der Waals surface area contributed by atoms with E-state index in [1.807, 2.05) is 0 Å². The largest absolute Gasteiger partial charge is 0.493 e. The number of nitrogens with one attached hydrogen (secondary N) is 1. The van der Waals surface area contributed by atoms with E-state index in [4.69, 9.17) is 14.2 Å². The van der Waals surface area contributed by atoms with E-state index in [-0.39, 0.29) is 11.9 Å². The van der Waals surface area contributed by atoms with Gasteiger partial charge >= 0.3 is 5.97 Å². The smallest absolute Gasteiger partial charge is 0.339 e. The minimum Gasteiger partial charge on any atom is -0.493 e. The van der Waals surface area contributed by atoms with Crippen molar-refractivity contribution in [3.8, 4) is 11.5 Å². The molecule has 2 rings (SSSR count). The summed E-state index contributed by atoms with van der Waals surface area (Å²) in [5.41, 5.74) is 0.304. The van der Waals surface area contributed by atoms with E-state index in [0.717, 1.165) is 12.8 Å². The van der Waals surface area contributed by atoms with Crippen molar-refractivity contribution in [1.82, 2.24) is 5.32 Å². The zero-order valence-electron chi connectivity index (χ0n) is 12.3. The number of methoxy groups -OCH3 is 2. The number of carbonyl (C=O) groups is 2. The van der Waals surface area contributed by atoms with Crippen LogP contribution in [0.4, 0.5) is 0 Å². The maximum absolute atomic E-state index is 12.0. The molecule has 1 aromatic rings. The molecule has 21 heavy (non-hydrogen) atoms. The first-order valence-corrected chi connectivity index (χ1v) is 6.78. The van der Waals surface area contributed by atoms with Crippen molar-refractivity contribution < 1.29 is 23.8 Å². The van der Waals surface area contributed by atoms with Gasteiger partial charge in [0.25, 0.3) is 5.91 Å². The summed E-state index contributed by atoms with van der Waals surface area (Å²) in [7, 11) is 3.00. The van der Waals surface area contributed by atoms with Gasteiger partial charge in [-0.1, -0.05) is 0 Å². The molecule has 0 aliphatic heterocycles. The fourth-order valence-corrected chi connectivity index (χ4v) is 1.79. The monoisotopic (exact) mass is 293 g/mol. The number of ether oxygens (including phenoxy) is 3. The van der Waals surface area contributed by atoms with Crippen LogP contribution >= 0.6 is 0 Å². The van der Waals surface area contributed by atoms with Gasteiger partial charge in [-0.2, -0.15) is 0 Å². The second-order valence-electron chi connectivity index (χ2n) is 4.90. The van der Waals surface area contributed by atoms with Crippen molar-refractivity contribution in [3.05, 3.63) is 23.8 Å². The van der Waals surface area contributed by atoms with Crippen LogP contribution in [0.1, 0.15) is 30.1 Å². The average Bonchev–Trinajstić information content (AvgIpc) is 3.30. The van der Waals surface area contributed by atoms with Gasteiger partial charge in [-0.05, 0) is 38.0 Å². The summed E-state index contributed by atoms with van der Waals surface area (Å²) >= 11 is 0. The van der Waals surface area contributed by atoms with Gasteiger partial charge in [-0.15, -0.1) is 0 Å². The predicted octanol–water partition coefficient (Wildman–Crippen LogP) is 1.53. The molecule has 6 nitrogen and oxygen atoms in total. The van der Waals surface area contributed by atoms with Gasteiger partial charge in [0.15, 0.2) is 17.6 Å². The van der Waals surface area contributed by atoms with Crippen molar-refractivity contribution in [3.63, 3.8) is 0 Å². The van der Waals surface area contributed by atoms with Gasteiger partial charge in [-0.25, -0.2) is 4.79 Å². The zero-order chi connectivity index (χ0) is 15.4. The van der Waals surface area contributed by atoms with E-state index in [0.29, 0.717) is 17.1 Å². The van der Waals surface area contributed by atoms with Crippen molar-refractivity contribution in [2.24, 2.45) is 0 Å². The van der Waals surface area contributed by atoms with E-state index in [9.17, 15) is 9.59 Å². The van der Waals surface area contributed by atoms with Gasteiger partial charge in [0.2, 0.25) is 0 Å². The Morgan fingerprint density at radius 3 is 2.43 bits per heavy atom. The summed E-state index contributed by atoms with van der Waals surface area (Å²) in [6.45, 7) is 1.55. The van der Waals surface area contributed by atoms with Gasteiger partial charge < -0.3 is 19.5 Å². The van der Waals surface area contributed by atoms with Crippen LogP contribution in [-0.2, 0) is 9.53 Å². The molecule has 1 saturated carbocycles. The van der Waals surface area contributed by atoms with E-state index >= 15 is 0 Å². The lowest BCUT2D eigenvalue weighted by Crippen LogP contribution is -2.37. The molecule has 1 N–H and O–H groups in total. The molecular formula is C15H19NO5. The summed E-state index contributed by atoms with van der Waals surface area (Å²) in [6.07, 6.45) is 1.15. The molecule has 6 heteroatoms. The summed E-state index contributed by atoms with van der Waals surface area (Å²) in [6, 6.07) is 4.94. The SMILES string of the molecule is COc1ccc(C(=O)O[C@@H](C)C(=O)NC2CC2)cc1OC. The van der Waals surface area contributed by atoms with E-state index in [1.165, 1.54) is 20.3 Å². The molecule has 1 aromatic carbocycles. The number of rotatable bonds is 6. The van der Waals surface area contributed by atoms with E-state index in [1.54, 1.807) is 19.1 Å². The zero-order valence-corrected chi connectivity index (χ0v) is 12.3. The van der Waals surface area contributed by atoms with Crippen LogP contribution in [0.15, 0.2) is 18.2 Å². The molecule has 1 atom stereocenters. The Kier molecular flexibility index (Phi) is 4.67. The molecule has 1 amide bonds. The number of hydrogen-bond donors (Lipinski definition) is 1. The predicted molar refractivity (Wildman–Crippen MR) is 75.6 cm³/mol. The first-order chi connectivity index (χ1) is 10.0. The summed E-state index contributed by atoms with van der Waals surface area (Å²) in [5, 5.41) is 2.79. The Morgan fingerprint density at radius 2 is 1.86 bits per heavy atom. The van der Waals surface area contributed by atoms with Gasteiger partial charge in [0.05, 0.1) is 19.8 Å². The molecule has 0 radical (unpaired) electrons. The Hall–Kier alpha value is -2.24. The van der Waals surface area contributed by atoms with Crippen molar-refractivity contribution in [2.75, 3.05) is 14.2 Å². The molecule has 0 aromatic heterocycles. The van der Waals surface area contributed by atoms with Crippen molar-refractivity contribution >= 4 is 11.9 Å². The lowest BCUT2D eigenvalue weighted by atomic mass is 10.2. The summed E-state index contributed by atoms with van der Waals surface area (Å²) in [5.74, 6) is 0.108. The van der Waals surface area contributed by atoms with Crippen molar-refractivity contribution in [1.29, 1.82) is 0 Å². The van der Waals surface area contributed by atoms with Crippen LogP contribution in [0.2, 0.25) is 0 Å². The second kappa shape index (κ2) is 6.47. The minimum absolute atomic E-state index is 0.236. The summed E-state index contributed by atoms with van der Waals surface area (Å²) < 4.78 is 15.4. The second-order valence-corrected chi connectivity index (χ2v) is 4.90. The fraction of sp³-hybridized carbons (Fsp3) is 0.467. The van der Waals surface area contributed by atoms with Gasteiger partial charge in [0.1, 0.15) is 0 Å². The highest BCUT2D eigenvalue weighted by atomic mass is 16.5. The molecule has 0 unspecified atom stereocenters. The molecule has 0 heterocycles. The quantitative estimate of drug-likeness (QED) is 0.805. The first-order valence-electron chi connectivity index (χ1n) is 6.78. The highest BCUT2D eigenvalue weighted by Gasteiger charge is 2.27. The van der Waals surface area contributed by atoms with Crippen LogP contribution < -0.4 is 14.8 Å². The number of benzene rings is 1. The molecular weight excluding hydrogens is 274 g/mol. The number of esters is 1. The van der Waals surface area contributed by atoms with E-state index < -0.39 is 12.1 Å². The van der Waals surface area contributed by atoms with Gasteiger partial charge in [0, 0.05) is 6.04 Å². The standard InChI is InChI=1S/C15H19NO5/c1-9(14(17)16-11-5-6-11)21-15(18)10-4-7-12(19-2)13(8-10)20-3/h4,7-9,11H,5-6H2,1-3H3,(H,16,17)/t9-/m0/s1. The van der Waals surface area contributed by atoms with Gasteiger partial charge in [-0.3, -0.25) is 4.79 Å². The number of hydrogen-bond acceptors (Lipinski definition) is 5. The minimum atomic E-state index is -0.828. The summed E-state index contributed by atoms with van der Waals surface area (Å²) in [4.78, 5) is 23.8. The fourth-order valence-electron chi connectivity index (χ4n) is 1.79. The Morgan fingerprint density at radius 1 is 1.19 bits per heavy atom. The highest BCUT2D eigenvalue weighted by Crippen LogP contribution is 2.28. The maximum atomic E-state index is 12.0. The third-order valence-electron chi connectivity index (χ3n) is 3.20. The number of amides is 1. The topological polar surface area (TPSA) is 73.9 Å². The van der Waals surface area contributed by atoms with Crippen molar-refractivity contribution in [2.45, 2.75) is 31.9 Å². The van der Waals surface area contributed by atoms with Crippen LogP contribution in [0.5, 0.6) is 11.5 Å². The molecule has 0 bridgehead atoms. The number of carbonyl (C=O) groups excluding carboxylic acids is 2. The molecule has 1 fully saturated rings. The lowest BCUT2D eigenvalue weighted by Gasteiger charge is -2.14. The molecule has 114 valence electrons. The third kappa shape index (κ3) is 3.87. The average molecular weight is 293 g/mol. The Bertz CT molecular complexity index is 539. The third-order valence-corrected chi connectivity index (χ3v) is 3.20. The van der Waals surface area contributed by atoms with Crippen LogP contribution in [0.25, 0.3) is 0 Å². The lowest BCUT2D eigenvalue weighted by molar-refractivity contribution is -0.129. The normalized spacial score (nSPS) is 15.0. The Balaban J connectivity index is 2.00. The highest BCUT2D eigenvalue weighted by molar-refractivity contribution is 5.93. The molecule has 1 aliphatic carbocycles. The van der Waals surface area contributed by atoms with Crippen LogP contribution in [-0.4, -0.2) is 38.2 Å². The Labute approximate surface area is 123 Å². The molecule has 0 spiro atoms. The first kappa shape index (κ1) is 15.2. The maximum Gasteiger partial charge on any atom is 0.339 e. The molecule has 1 aliphatic rings. The van der Waals surface area contributed by atoms with Crippen LogP contribution in [0, 0.1) is 0 Å². The van der Waals surface area contributed by atoms with Crippen LogP contribution in [0.3, 0.4) is 0 Å². The molecule has 0 saturated heterocycles.